The van der Waals surface area contributed by atoms with Crippen molar-refractivity contribution in [2.45, 2.75) is 43.4 Å². The summed E-state index contributed by atoms with van der Waals surface area (Å²) in [6, 6.07) is 12.4. The molecule has 2 aromatic rings. The summed E-state index contributed by atoms with van der Waals surface area (Å²) >= 11 is 6.38. The standard InChI is InChI=1S/C22H29ClN2O8S/c23-17-7-4-14(22-21(29)20(28)19(27)18(12-26)33-22)11-15(17)10-13-2-5-16(6-3-13)32-9-1-8-25-34(24,30)31/h2-7,11,18-22,25-29H,1,8-10,12H2,(H2,24,30,31). The van der Waals surface area contributed by atoms with E-state index in [-0.39, 0.29) is 6.54 Å². The first kappa shape index (κ1) is 26.8. The van der Waals surface area contributed by atoms with Crippen molar-refractivity contribution < 1.29 is 38.3 Å². The van der Waals surface area contributed by atoms with Crippen LogP contribution in [-0.2, 0) is 21.4 Å². The fourth-order valence-electron chi connectivity index (χ4n) is 3.68. The van der Waals surface area contributed by atoms with Gasteiger partial charge in [0, 0.05) is 11.6 Å². The van der Waals surface area contributed by atoms with Gasteiger partial charge in [0.2, 0.25) is 0 Å². The van der Waals surface area contributed by atoms with Crippen LogP contribution in [-0.4, -0.2) is 73.0 Å². The number of aliphatic hydroxyl groups excluding tert-OH is 4. The van der Waals surface area contributed by atoms with Gasteiger partial charge in [-0.15, -0.1) is 0 Å². The van der Waals surface area contributed by atoms with Crippen LogP contribution in [0.2, 0.25) is 5.02 Å². The third kappa shape index (κ3) is 7.11. The summed E-state index contributed by atoms with van der Waals surface area (Å²) in [5, 5.41) is 45.3. The van der Waals surface area contributed by atoms with Gasteiger partial charge in [-0.25, -0.2) is 9.86 Å². The normalized spacial score (nSPS) is 25.3. The van der Waals surface area contributed by atoms with E-state index >= 15 is 0 Å². The first-order valence-electron chi connectivity index (χ1n) is 10.7. The lowest BCUT2D eigenvalue weighted by atomic mass is 9.90. The van der Waals surface area contributed by atoms with Crippen molar-refractivity contribution in [2.24, 2.45) is 5.14 Å². The molecule has 0 aliphatic carbocycles. The Labute approximate surface area is 203 Å². The Morgan fingerprint density at radius 2 is 1.76 bits per heavy atom. The lowest BCUT2D eigenvalue weighted by Crippen LogP contribution is -2.55. The molecule has 7 N–H and O–H groups in total. The van der Waals surface area contributed by atoms with Gasteiger partial charge in [0.15, 0.2) is 0 Å². The van der Waals surface area contributed by atoms with Crippen LogP contribution < -0.4 is 14.6 Å². The number of hydrogen-bond donors (Lipinski definition) is 6. The van der Waals surface area contributed by atoms with Gasteiger partial charge in [-0.05, 0) is 47.7 Å². The maximum absolute atomic E-state index is 10.8. The summed E-state index contributed by atoms with van der Waals surface area (Å²) < 4.78 is 35.1. The molecule has 0 aromatic heterocycles. The minimum atomic E-state index is -3.70. The third-order valence-corrected chi connectivity index (χ3v) is 6.48. The Kier molecular flexibility index (Phi) is 9.27. The zero-order valence-corrected chi connectivity index (χ0v) is 19.8. The Balaban J connectivity index is 1.63. The van der Waals surface area contributed by atoms with E-state index in [0.717, 1.165) is 11.1 Å². The monoisotopic (exact) mass is 516 g/mol. The number of hydrogen-bond acceptors (Lipinski definition) is 8. The number of ether oxygens (including phenoxy) is 2. The summed E-state index contributed by atoms with van der Waals surface area (Å²) in [6.07, 6.45) is -5.26. The van der Waals surface area contributed by atoms with Gasteiger partial charge in [-0.3, -0.25) is 0 Å². The van der Waals surface area contributed by atoms with E-state index in [1.165, 1.54) is 0 Å². The molecule has 5 atom stereocenters. The number of nitrogens with two attached hydrogens (primary N) is 1. The highest BCUT2D eigenvalue weighted by atomic mass is 35.5. The molecule has 34 heavy (non-hydrogen) atoms. The molecule has 5 unspecified atom stereocenters. The maximum atomic E-state index is 10.8. The number of aliphatic hydroxyl groups is 4. The van der Waals surface area contributed by atoms with Gasteiger partial charge in [0.05, 0.1) is 13.2 Å². The van der Waals surface area contributed by atoms with E-state index in [4.69, 9.17) is 26.2 Å². The van der Waals surface area contributed by atoms with Crippen LogP contribution in [0.3, 0.4) is 0 Å². The molecule has 2 aromatic carbocycles. The number of nitrogens with one attached hydrogen (secondary N) is 1. The predicted molar refractivity (Wildman–Crippen MR) is 125 cm³/mol. The fraction of sp³-hybridized carbons (Fsp3) is 0.455. The van der Waals surface area contributed by atoms with Crippen LogP contribution in [0.4, 0.5) is 0 Å². The molecule has 0 bridgehead atoms. The highest BCUT2D eigenvalue weighted by Gasteiger charge is 2.44. The molecule has 0 radical (unpaired) electrons. The molecule has 1 heterocycles. The van der Waals surface area contributed by atoms with E-state index in [1.54, 1.807) is 30.3 Å². The average Bonchev–Trinajstić information content (AvgIpc) is 2.79. The van der Waals surface area contributed by atoms with E-state index in [2.05, 4.69) is 4.72 Å². The molecular weight excluding hydrogens is 488 g/mol. The van der Waals surface area contributed by atoms with Crippen LogP contribution in [0.5, 0.6) is 5.75 Å². The summed E-state index contributed by atoms with van der Waals surface area (Å²) in [5.74, 6) is 0.625. The van der Waals surface area contributed by atoms with Gasteiger partial charge in [-0.1, -0.05) is 35.9 Å². The highest BCUT2D eigenvalue weighted by molar-refractivity contribution is 7.87. The minimum Gasteiger partial charge on any atom is -0.494 e. The summed E-state index contributed by atoms with van der Waals surface area (Å²) in [6.45, 7) is -0.00597. The first-order chi connectivity index (χ1) is 16.1. The molecule has 0 amide bonds. The topological polar surface area (TPSA) is 172 Å². The Bertz CT molecular complexity index is 1050. The van der Waals surface area contributed by atoms with Crippen molar-refractivity contribution in [3.8, 4) is 5.75 Å². The molecule has 10 nitrogen and oxygen atoms in total. The van der Waals surface area contributed by atoms with Crippen LogP contribution in [0.15, 0.2) is 42.5 Å². The average molecular weight is 517 g/mol. The Hall–Kier alpha value is -1.80. The Morgan fingerprint density at radius 3 is 2.41 bits per heavy atom. The molecule has 1 fully saturated rings. The van der Waals surface area contributed by atoms with Gasteiger partial charge in [0.25, 0.3) is 10.2 Å². The molecule has 1 aliphatic heterocycles. The van der Waals surface area contributed by atoms with Gasteiger partial charge >= 0.3 is 0 Å². The number of halogens is 1. The molecule has 0 spiro atoms. The fourth-order valence-corrected chi connectivity index (χ4v) is 4.30. The van der Waals surface area contributed by atoms with Gasteiger partial charge in [-0.2, -0.15) is 8.42 Å². The zero-order chi connectivity index (χ0) is 24.9. The van der Waals surface area contributed by atoms with Crippen LogP contribution in [0.1, 0.15) is 29.2 Å². The largest absolute Gasteiger partial charge is 0.494 e. The number of benzene rings is 2. The van der Waals surface area contributed by atoms with Crippen molar-refractivity contribution in [1.82, 2.24) is 4.72 Å². The molecule has 12 heteroatoms. The predicted octanol–water partition coefficient (Wildman–Crippen LogP) is 0.00770. The lowest BCUT2D eigenvalue weighted by molar-refractivity contribution is -0.231. The lowest BCUT2D eigenvalue weighted by Gasteiger charge is -2.40. The first-order valence-corrected chi connectivity index (χ1v) is 12.6. The highest BCUT2D eigenvalue weighted by Crippen LogP contribution is 2.34. The second kappa shape index (κ2) is 11.8. The summed E-state index contributed by atoms with van der Waals surface area (Å²) in [4.78, 5) is 0. The summed E-state index contributed by atoms with van der Waals surface area (Å²) in [5.41, 5.74) is 2.26. The minimum absolute atomic E-state index is 0.181. The molecule has 188 valence electrons. The van der Waals surface area contributed by atoms with E-state index in [0.29, 0.717) is 35.8 Å². The Morgan fingerprint density at radius 1 is 1.06 bits per heavy atom. The smallest absolute Gasteiger partial charge is 0.274 e. The molecule has 3 rings (SSSR count). The van der Waals surface area contributed by atoms with Crippen molar-refractivity contribution in [3.05, 3.63) is 64.2 Å². The van der Waals surface area contributed by atoms with E-state index < -0.39 is 47.3 Å². The van der Waals surface area contributed by atoms with Crippen LogP contribution in [0.25, 0.3) is 0 Å². The quantitative estimate of drug-likeness (QED) is 0.240. The maximum Gasteiger partial charge on any atom is 0.274 e. The zero-order valence-electron chi connectivity index (χ0n) is 18.2. The SMILES string of the molecule is NS(=O)(=O)NCCCOc1ccc(Cc2cc(C3OC(CO)C(O)C(O)C3O)ccc2Cl)cc1. The van der Waals surface area contributed by atoms with Crippen LogP contribution in [0, 0.1) is 0 Å². The van der Waals surface area contributed by atoms with E-state index in [1.807, 2.05) is 12.1 Å². The van der Waals surface area contributed by atoms with Gasteiger partial charge < -0.3 is 29.9 Å². The third-order valence-electron chi connectivity index (χ3n) is 5.50. The number of rotatable bonds is 10. The molecule has 1 saturated heterocycles. The summed E-state index contributed by atoms with van der Waals surface area (Å²) in [7, 11) is -3.70. The van der Waals surface area contributed by atoms with Crippen LogP contribution >= 0.6 is 11.6 Å². The second-order valence-corrected chi connectivity index (χ2v) is 9.85. The van der Waals surface area contributed by atoms with E-state index in [9.17, 15) is 28.8 Å². The second-order valence-electron chi connectivity index (χ2n) is 8.06. The van der Waals surface area contributed by atoms with Crippen molar-refractivity contribution in [1.29, 1.82) is 0 Å². The molecule has 1 aliphatic rings. The van der Waals surface area contributed by atoms with Crippen molar-refractivity contribution in [3.63, 3.8) is 0 Å². The van der Waals surface area contributed by atoms with Gasteiger partial charge in [0.1, 0.15) is 36.3 Å². The molecule has 0 saturated carbocycles. The van der Waals surface area contributed by atoms with Crippen molar-refractivity contribution >= 4 is 21.8 Å². The molecular formula is C22H29ClN2O8S. The van der Waals surface area contributed by atoms with Crippen molar-refractivity contribution in [2.75, 3.05) is 19.8 Å².